The molecule has 0 aromatic heterocycles. The Balaban J connectivity index is 1.82. The number of rotatable bonds is 4. The number of carbonyl (C=O) groups is 1. The van der Waals surface area contributed by atoms with Crippen molar-refractivity contribution in [2.75, 3.05) is 7.05 Å². The molecule has 2 aromatic rings. The highest BCUT2D eigenvalue weighted by atomic mass is 35.5. The van der Waals surface area contributed by atoms with Crippen molar-refractivity contribution in [3.05, 3.63) is 70.2 Å². The molecule has 0 spiro atoms. The van der Waals surface area contributed by atoms with E-state index in [2.05, 4.69) is 0 Å². The van der Waals surface area contributed by atoms with Gasteiger partial charge < -0.3 is 4.90 Å². The van der Waals surface area contributed by atoms with Gasteiger partial charge in [-0.1, -0.05) is 36.2 Å². The summed E-state index contributed by atoms with van der Waals surface area (Å²) in [5.74, 6) is -1.30. The standard InChI is InChI=1S/C19H18ClF2NO/c1-23(12-13-3-8-16(21)11-17(13)22)18(24)19(9-2-10-19)14-4-6-15(20)7-5-14/h3-8,11H,2,9-10,12H2,1H3. The maximum atomic E-state index is 13.8. The predicted octanol–water partition coefficient (Wildman–Crippen LogP) is 4.70. The Hall–Kier alpha value is -1.94. The van der Waals surface area contributed by atoms with E-state index >= 15 is 0 Å². The summed E-state index contributed by atoms with van der Waals surface area (Å²) in [6.45, 7) is 0.111. The lowest BCUT2D eigenvalue weighted by Crippen LogP contribution is -2.49. The average molecular weight is 350 g/mol. The van der Waals surface area contributed by atoms with Crippen molar-refractivity contribution in [1.82, 2.24) is 4.90 Å². The zero-order valence-corrected chi connectivity index (χ0v) is 14.1. The van der Waals surface area contributed by atoms with E-state index in [1.165, 1.54) is 17.0 Å². The third-order valence-electron chi connectivity index (χ3n) is 4.78. The summed E-state index contributed by atoms with van der Waals surface area (Å²) in [5, 5.41) is 0.627. The Labute approximate surface area is 145 Å². The number of likely N-dealkylation sites (N-methyl/N-ethyl adjacent to an activating group) is 1. The fourth-order valence-electron chi connectivity index (χ4n) is 3.27. The zero-order chi connectivity index (χ0) is 17.3. The number of nitrogens with zero attached hydrogens (tertiary/aromatic N) is 1. The molecule has 126 valence electrons. The molecule has 0 N–H and O–H groups in total. The number of amides is 1. The van der Waals surface area contributed by atoms with Gasteiger partial charge in [0.2, 0.25) is 5.91 Å². The molecule has 1 aliphatic rings. The predicted molar refractivity (Wildman–Crippen MR) is 89.8 cm³/mol. The average Bonchev–Trinajstić information content (AvgIpc) is 2.50. The van der Waals surface area contributed by atoms with Gasteiger partial charge in [-0.25, -0.2) is 8.78 Å². The Morgan fingerprint density at radius 1 is 1.17 bits per heavy atom. The van der Waals surface area contributed by atoms with Gasteiger partial charge in [-0.15, -0.1) is 0 Å². The second-order valence-corrected chi connectivity index (χ2v) is 6.78. The Bertz CT molecular complexity index is 756. The molecule has 1 saturated carbocycles. The van der Waals surface area contributed by atoms with Crippen LogP contribution in [0, 0.1) is 11.6 Å². The summed E-state index contributed by atoms with van der Waals surface area (Å²) in [6, 6.07) is 10.7. The molecule has 0 unspecified atom stereocenters. The molecule has 0 heterocycles. The highest BCUT2D eigenvalue weighted by Crippen LogP contribution is 2.45. The summed E-state index contributed by atoms with van der Waals surface area (Å²) in [4.78, 5) is 14.5. The number of hydrogen-bond donors (Lipinski definition) is 0. The Kier molecular flexibility index (Phi) is 4.59. The van der Waals surface area contributed by atoms with E-state index < -0.39 is 17.0 Å². The van der Waals surface area contributed by atoms with E-state index in [1.807, 2.05) is 12.1 Å². The summed E-state index contributed by atoms with van der Waals surface area (Å²) in [5.41, 5.74) is 0.683. The van der Waals surface area contributed by atoms with Crippen LogP contribution in [0.4, 0.5) is 8.78 Å². The van der Waals surface area contributed by atoms with Gasteiger partial charge >= 0.3 is 0 Å². The van der Waals surface area contributed by atoms with Crippen LogP contribution < -0.4 is 0 Å². The Morgan fingerprint density at radius 3 is 2.38 bits per heavy atom. The first-order valence-corrected chi connectivity index (χ1v) is 8.26. The molecule has 3 rings (SSSR count). The summed E-state index contributed by atoms with van der Waals surface area (Å²) in [7, 11) is 1.65. The minimum atomic E-state index is -0.635. The number of carbonyl (C=O) groups excluding carboxylic acids is 1. The highest BCUT2D eigenvalue weighted by molar-refractivity contribution is 6.30. The normalized spacial score (nSPS) is 15.7. The summed E-state index contributed by atoms with van der Waals surface area (Å²) >= 11 is 5.93. The van der Waals surface area contributed by atoms with Crippen molar-refractivity contribution in [1.29, 1.82) is 0 Å². The van der Waals surface area contributed by atoms with Gasteiger partial charge in [0.25, 0.3) is 0 Å². The van der Waals surface area contributed by atoms with Gasteiger partial charge in [-0.05, 0) is 36.6 Å². The Morgan fingerprint density at radius 2 is 1.83 bits per heavy atom. The monoisotopic (exact) mass is 349 g/mol. The molecule has 2 nitrogen and oxygen atoms in total. The molecule has 0 aliphatic heterocycles. The van der Waals surface area contributed by atoms with Crippen molar-refractivity contribution < 1.29 is 13.6 Å². The third-order valence-corrected chi connectivity index (χ3v) is 5.03. The van der Waals surface area contributed by atoms with Gasteiger partial charge in [0.05, 0.1) is 5.41 Å². The molecule has 0 atom stereocenters. The molecular formula is C19H18ClF2NO. The molecule has 24 heavy (non-hydrogen) atoms. The minimum absolute atomic E-state index is 0.0419. The van der Waals surface area contributed by atoms with Crippen LogP contribution in [0.2, 0.25) is 5.02 Å². The fourth-order valence-corrected chi connectivity index (χ4v) is 3.39. The first-order valence-electron chi connectivity index (χ1n) is 7.88. The maximum Gasteiger partial charge on any atom is 0.233 e. The maximum absolute atomic E-state index is 13.8. The van der Waals surface area contributed by atoms with Crippen LogP contribution in [-0.2, 0) is 16.8 Å². The molecule has 5 heteroatoms. The summed E-state index contributed by atoms with van der Waals surface area (Å²) in [6.07, 6.45) is 2.51. The van der Waals surface area contributed by atoms with E-state index in [0.717, 1.165) is 30.9 Å². The molecule has 0 bridgehead atoms. The van der Waals surface area contributed by atoms with Gasteiger partial charge in [0, 0.05) is 30.2 Å². The van der Waals surface area contributed by atoms with Crippen LogP contribution in [0.3, 0.4) is 0 Å². The topological polar surface area (TPSA) is 20.3 Å². The van der Waals surface area contributed by atoms with Gasteiger partial charge in [-0.3, -0.25) is 4.79 Å². The SMILES string of the molecule is CN(Cc1ccc(F)cc1F)C(=O)C1(c2ccc(Cl)cc2)CCC1. The first kappa shape index (κ1) is 16.9. The van der Waals surface area contributed by atoms with Crippen molar-refractivity contribution >= 4 is 17.5 Å². The largest absolute Gasteiger partial charge is 0.341 e. The van der Waals surface area contributed by atoms with Crippen LogP contribution in [0.5, 0.6) is 0 Å². The van der Waals surface area contributed by atoms with Crippen molar-refractivity contribution in [3.8, 4) is 0 Å². The van der Waals surface area contributed by atoms with Crippen LogP contribution in [0.25, 0.3) is 0 Å². The van der Waals surface area contributed by atoms with E-state index in [0.29, 0.717) is 10.6 Å². The molecule has 0 saturated heterocycles. The number of hydrogen-bond acceptors (Lipinski definition) is 1. The van der Waals surface area contributed by atoms with E-state index in [9.17, 15) is 13.6 Å². The molecule has 1 fully saturated rings. The lowest BCUT2D eigenvalue weighted by Gasteiger charge is -2.43. The smallest absolute Gasteiger partial charge is 0.233 e. The second kappa shape index (κ2) is 6.52. The summed E-state index contributed by atoms with van der Waals surface area (Å²) < 4.78 is 26.9. The van der Waals surface area contributed by atoms with Crippen LogP contribution in [0.15, 0.2) is 42.5 Å². The minimum Gasteiger partial charge on any atom is -0.341 e. The second-order valence-electron chi connectivity index (χ2n) is 6.34. The van der Waals surface area contributed by atoms with Crippen molar-refractivity contribution in [2.45, 2.75) is 31.2 Å². The quantitative estimate of drug-likeness (QED) is 0.783. The fraction of sp³-hybridized carbons (Fsp3) is 0.316. The third kappa shape index (κ3) is 3.03. The van der Waals surface area contributed by atoms with Gasteiger partial charge in [-0.2, -0.15) is 0 Å². The lowest BCUT2D eigenvalue weighted by molar-refractivity contribution is -0.140. The van der Waals surface area contributed by atoms with Crippen LogP contribution >= 0.6 is 11.6 Å². The molecule has 2 aromatic carbocycles. The van der Waals surface area contributed by atoms with Gasteiger partial charge in [0.1, 0.15) is 11.6 Å². The lowest BCUT2D eigenvalue weighted by atomic mass is 9.63. The molecular weight excluding hydrogens is 332 g/mol. The number of halogens is 3. The van der Waals surface area contributed by atoms with E-state index in [-0.39, 0.29) is 12.5 Å². The van der Waals surface area contributed by atoms with Crippen molar-refractivity contribution in [2.24, 2.45) is 0 Å². The van der Waals surface area contributed by atoms with E-state index in [1.54, 1.807) is 19.2 Å². The van der Waals surface area contributed by atoms with Crippen LogP contribution in [-0.4, -0.2) is 17.9 Å². The zero-order valence-electron chi connectivity index (χ0n) is 13.4. The van der Waals surface area contributed by atoms with Crippen molar-refractivity contribution in [3.63, 3.8) is 0 Å². The van der Waals surface area contributed by atoms with E-state index in [4.69, 9.17) is 11.6 Å². The first-order chi connectivity index (χ1) is 11.4. The molecule has 1 amide bonds. The highest BCUT2D eigenvalue weighted by Gasteiger charge is 2.46. The number of benzene rings is 2. The van der Waals surface area contributed by atoms with Gasteiger partial charge in [0.15, 0.2) is 0 Å². The van der Waals surface area contributed by atoms with Crippen LogP contribution in [0.1, 0.15) is 30.4 Å². The molecule has 0 radical (unpaired) electrons. The molecule has 1 aliphatic carbocycles.